The zero-order chi connectivity index (χ0) is 13.7. The quantitative estimate of drug-likeness (QED) is 0.860. The topological polar surface area (TPSA) is 75.1 Å². The first-order valence-electron chi connectivity index (χ1n) is 6.02. The number of hydrogen-bond acceptors (Lipinski definition) is 4. The van der Waals surface area contributed by atoms with Gasteiger partial charge in [-0.15, -0.1) is 10.2 Å². The van der Waals surface area contributed by atoms with Crippen molar-refractivity contribution in [2.75, 3.05) is 11.9 Å². The second kappa shape index (κ2) is 5.95. The Morgan fingerprint density at radius 2 is 1.95 bits per heavy atom. The van der Waals surface area contributed by atoms with Gasteiger partial charge in [0.15, 0.2) is 5.69 Å². The number of aromatic nitrogens is 2. The van der Waals surface area contributed by atoms with Gasteiger partial charge in [-0.2, -0.15) is 0 Å². The first-order valence-corrected chi connectivity index (χ1v) is 6.02. The Morgan fingerprint density at radius 3 is 2.53 bits per heavy atom. The highest BCUT2D eigenvalue weighted by molar-refractivity contribution is 5.85. The van der Waals surface area contributed by atoms with Crippen LogP contribution in [-0.4, -0.2) is 27.8 Å². The molecule has 19 heavy (non-hydrogen) atoms. The van der Waals surface area contributed by atoms with E-state index in [1.54, 1.807) is 6.07 Å². The molecule has 2 aromatic rings. The molecule has 0 bridgehead atoms. The van der Waals surface area contributed by atoms with Crippen molar-refractivity contribution in [3.63, 3.8) is 0 Å². The van der Waals surface area contributed by atoms with Crippen LogP contribution in [-0.2, 0) is 0 Å². The second-order valence-electron chi connectivity index (χ2n) is 4.30. The maximum absolute atomic E-state index is 10.6. The Balaban J connectivity index is 1.93. The van der Waals surface area contributed by atoms with Gasteiger partial charge < -0.3 is 10.4 Å². The van der Waals surface area contributed by atoms with Crippen molar-refractivity contribution in [3.8, 4) is 0 Å². The van der Waals surface area contributed by atoms with Crippen LogP contribution in [0.25, 0.3) is 0 Å². The van der Waals surface area contributed by atoms with Crippen LogP contribution in [0.2, 0.25) is 0 Å². The fourth-order valence-electron chi connectivity index (χ4n) is 1.70. The van der Waals surface area contributed by atoms with Crippen molar-refractivity contribution in [2.45, 2.75) is 12.8 Å². The van der Waals surface area contributed by atoms with E-state index in [1.807, 2.05) is 18.2 Å². The third-order valence-corrected chi connectivity index (χ3v) is 2.84. The van der Waals surface area contributed by atoms with E-state index >= 15 is 0 Å². The van der Waals surface area contributed by atoms with Crippen LogP contribution in [0.15, 0.2) is 42.5 Å². The molecule has 2 rings (SSSR count). The van der Waals surface area contributed by atoms with Crippen LogP contribution in [0, 0.1) is 0 Å². The van der Waals surface area contributed by atoms with Crippen LogP contribution in [0.4, 0.5) is 5.82 Å². The predicted octanol–water partition coefficient (Wildman–Crippen LogP) is 2.39. The van der Waals surface area contributed by atoms with E-state index in [0.717, 1.165) is 0 Å². The second-order valence-corrected chi connectivity index (χ2v) is 4.30. The monoisotopic (exact) mass is 257 g/mol. The van der Waals surface area contributed by atoms with E-state index < -0.39 is 5.97 Å². The third kappa shape index (κ3) is 3.51. The fraction of sp³-hybridized carbons (Fsp3) is 0.214. The largest absolute Gasteiger partial charge is 0.476 e. The molecule has 1 atom stereocenters. The van der Waals surface area contributed by atoms with E-state index in [4.69, 9.17) is 5.11 Å². The lowest BCUT2D eigenvalue weighted by Gasteiger charge is -2.13. The zero-order valence-corrected chi connectivity index (χ0v) is 10.6. The number of nitrogens with one attached hydrogen (secondary N) is 1. The Bertz CT molecular complexity index is 540. The standard InChI is InChI=1S/C14H15N3O2/c1-10(11-5-3-2-4-6-11)9-15-13-8-7-12(14(18)19)16-17-13/h2-8,10H,9H2,1H3,(H,15,17)(H,18,19). The van der Waals surface area contributed by atoms with Crippen LogP contribution < -0.4 is 5.32 Å². The molecule has 0 spiro atoms. The maximum atomic E-state index is 10.6. The minimum Gasteiger partial charge on any atom is -0.476 e. The van der Waals surface area contributed by atoms with Crippen LogP contribution in [0.1, 0.15) is 28.9 Å². The number of nitrogens with zero attached hydrogens (tertiary/aromatic N) is 2. The Morgan fingerprint density at radius 1 is 1.21 bits per heavy atom. The van der Waals surface area contributed by atoms with E-state index in [0.29, 0.717) is 18.3 Å². The lowest BCUT2D eigenvalue weighted by Crippen LogP contribution is -2.12. The highest BCUT2D eigenvalue weighted by Crippen LogP contribution is 2.15. The maximum Gasteiger partial charge on any atom is 0.356 e. The molecule has 5 nitrogen and oxygen atoms in total. The van der Waals surface area contributed by atoms with E-state index in [1.165, 1.54) is 11.6 Å². The average molecular weight is 257 g/mol. The molecule has 2 N–H and O–H groups in total. The predicted molar refractivity (Wildman–Crippen MR) is 72.3 cm³/mol. The lowest BCUT2D eigenvalue weighted by atomic mass is 10.0. The molecule has 98 valence electrons. The summed E-state index contributed by atoms with van der Waals surface area (Å²) in [7, 11) is 0. The summed E-state index contributed by atoms with van der Waals surface area (Å²) in [6, 6.07) is 13.2. The highest BCUT2D eigenvalue weighted by atomic mass is 16.4. The summed E-state index contributed by atoms with van der Waals surface area (Å²) in [5.74, 6) is -0.161. The molecule has 0 aliphatic rings. The minimum atomic E-state index is -1.07. The molecule has 0 aliphatic carbocycles. The van der Waals surface area contributed by atoms with Crippen molar-refractivity contribution in [3.05, 3.63) is 53.7 Å². The molecule has 0 radical (unpaired) electrons. The molecule has 0 aliphatic heterocycles. The lowest BCUT2D eigenvalue weighted by molar-refractivity contribution is 0.0689. The molecule has 1 aromatic heterocycles. The van der Waals surface area contributed by atoms with Crippen molar-refractivity contribution in [1.82, 2.24) is 10.2 Å². The Labute approximate surface area is 111 Å². The van der Waals surface area contributed by atoms with Gasteiger partial charge in [-0.1, -0.05) is 37.3 Å². The number of carboxylic acid groups (broad SMARTS) is 1. The summed E-state index contributed by atoms with van der Waals surface area (Å²) >= 11 is 0. The number of anilines is 1. The average Bonchev–Trinajstić information content (AvgIpc) is 2.46. The molecule has 0 fully saturated rings. The summed E-state index contributed by atoms with van der Waals surface area (Å²) in [5.41, 5.74) is 1.19. The summed E-state index contributed by atoms with van der Waals surface area (Å²) < 4.78 is 0. The number of benzene rings is 1. The summed E-state index contributed by atoms with van der Waals surface area (Å²) in [4.78, 5) is 10.6. The van der Waals surface area contributed by atoms with E-state index in [9.17, 15) is 4.79 Å². The Kier molecular flexibility index (Phi) is 4.07. The van der Waals surface area contributed by atoms with Gasteiger partial charge in [-0.05, 0) is 23.6 Å². The zero-order valence-electron chi connectivity index (χ0n) is 10.6. The molecule has 0 amide bonds. The van der Waals surface area contributed by atoms with Gasteiger partial charge in [0.05, 0.1) is 0 Å². The fourth-order valence-corrected chi connectivity index (χ4v) is 1.70. The summed E-state index contributed by atoms with van der Waals surface area (Å²) in [6.45, 7) is 2.83. The highest BCUT2D eigenvalue weighted by Gasteiger charge is 2.07. The van der Waals surface area contributed by atoms with Gasteiger partial charge >= 0.3 is 5.97 Å². The first-order chi connectivity index (χ1) is 9.16. The molecule has 1 aromatic carbocycles. The van der Waals surface area contributed by atoms with Crippen molar-refractivity contribution < 1.29 is 9.90 Å². The van der Waals surface area contributed by atoms with Gasteiger partial charge in [0.2, 0.25) is 0 Å². The summed E-state index contributed by atoms with van der Waals surface area (Å²) in [5, 5.41) is 19.3. The molecule has 5 heteroatoms. The van der Waals surface area contributed by atoms with Gasteiger partial charge in [-0.3, -0.25) is 0 Å². The van der Waals surface area contributed by atoms with Crippen molar-refractivity contribution in [2.24, 2.45) is 0 Å². The van der Waals surface area contributed by atoms with E-state index in [2.05, 4.69) is 34.6 Å². The van der Waals surface area contributed by atoms with Crippen LogP contribution >= 0.6 is 0 Å². The van der Waals surface area contributed by atoms with Crippen LogP contribution in [0.3, 0.4) is 0 Å². The normalized spacial score (nSPS) is 11.8. The molecule has 0 saturated heterocycles. The minimum absolute atomic E-state index is 0.0540. The van der Waals surface area contributed by atoms with Gasteiger partial charge in [0.1, 0.15) is 5.82 Å². The molecule has 1 unspecified atom stereocenters. The van der Waals surface area contributed by atoms with Gasteiger partial charge in [-0.25, -0.2) is 4.79 Å². The molecular weight excluding hydrogens is 242 g/mol. The van der Waals surface area contributed by atoms with E-state index in [-0.39, 0.29) is 5.69 Å². The third-order valence-electron chi connectivity index (χ3n) is 2.84. The molecular formula is C14H15N3O2. The number of hydrogen-bond donors (Lipinski definition) is 2. The number of aromatic carboxylic acids is 1. The smallest absolute Gasteiger partial charge is 0.356 e. The van der Waals surface area contributed by atoms with Crippen LogP contribution in [0.5, 0.6) is 0 Å². The van der Waals surface area contributed by atoms with Gasteiger partial charge in [0.25, 0.3) is 0 Å². The van der Waals surface area contributed by atoms with Gasteiger partial charge in [0, 0.05) is 6.54 Å². The van der Waals surface area contributed by atoms with Crippen molar-refractivity contribution in [1.29, 1.82) is 0 Å². The number of carbonyl (C=O) groups is 1. The van der Waals surface area contributed by atoms with Crippen molar-refractivity contribution >= 4 is 11.8 Å². The molecule has 1 heterocycles. The number of carboxylic acids is 1. The number of rotatable bonds is 5. The summed E-state index contributed by atoms with van der Waals surface area (Å²) in [6.07, 6.45) is 0. The Hall–Kier alpha value is -2.43. The SMILES string of the molecule is CC(CNc1ccc(C(=O)O)nn1)c1ccccc1. The molecule has 0 saturated carbocycles. The first kappa shape index (κ1) is 13.0.